The number of carbonyl (C=O) groups is 1. The van der Waals surface area contributed by atoms with E-state index in [0.717, 1.165) is 5.56 Å². The van der Waals surface area contributed by atoms with Gasteiger partial charge in [0.2, 0.25) is 5.88 Å². The molecule has 0 bridgehead atoms. The molecule has 1 aromatic heterocycles. The van der Waals surface area contributed by atoms with E-state index in [1.807, 2.05) is 12.1 Å². The third-order valence-electron chi connectivity index (χ3n) is 3.37. The largest absolute Gasteiger partial charge is 0.480 e. The molecule has 0 saturated heterocycles. The van der Waals surface area contributed by atoms with Gasteiger partial charge in [-0.25, -0.2) is 4.39 Å². The Labute approximate surface area is 138 Å². The number of hydrogen-bond donors (Lipinski definition) is 1. The van der Waals surface area contributed by atoms with E-state index >= 15 is 0 Å². The number of carbonyl (C=O) groups excluding carboxylic acids is 1. The average molecular weight is 323 g/mol. The maximum absolute atomic E-state index is 13.2. The van der Waals surface area contributed by atoms with Crippen molar-refractivity contribution in [2.75, 3.05) is 12.4 Å². The highest BCUT2D eigenvalue weighted by atomic mass is 19.1. The Morgan fingerprint density at radius 2 is 1.83 bits per heavy atom. The zero-order valence-corrected chi connectivity index (χ0v) is 12.9. The average Bonchev–Trinajstić information content (AvgIpc) is 2.62. The number of ether oxygens (including phenoxy) is 1. The van der Waals surface area contributed by atoms with Gasteiger partial charge in [-0.15, -0.1) is 10.2 Å². The van der Waals surface area contributed by atoms with Crippen molar-refractivity contribution in [3.05, 3.63) is 72.0 Å². The van der Waals surface area contributed by atoms with Crippen molar-refractivity contribution in [1.82, 2.24) is 10.2 Å². The molecular weight excluding hydrogens is 309 g/mol. The lowest BCUT2D eigenvalue weighted by molar-refractivity contribution is 0.102. The van der Waals surface area contributed by atoms with Gasteiger partial charge < -0.3 is 10.1 Å². The first-order valence-electron chi connectivity index (χ1n) is 7.21. The summed E-state index contributed by atoms with van der Waals surface area (Å²) in [7, 11) is 1.53. The van der Waals surface area contributed by atoms with Crippen molar-refractivity contribution in [1.29, 1.82) is 0 Å². The number of methoxy groups -OCH3 is 1. The van der Waals surface area contributed by atoms with Crippen molar-refractivity contribution in [2.45, 2.75) is 0 Å². The predicted octanol–water partition coefficient (Wildman–Crippen LogP) is 3.54. The number of amides is 1. The van der Waals surface area contributed by atoms with Crippen LogP contribution in [0.3, 0.4) is 0 Å². The molecule has 0 aliphatic carbocycles. The molecule has 5 nitrogen and oxygen atoms in total. The Morgan fingerprint density at radius 1 is 1.04 bits per heavy atom. The molecule has 120 valence electrons. The van der Waals surface area contributed by atoms with Gasteiger partial charge in [0.05, 0.1) is 12.8 Å². The maximum atomic E-state index is 13.2. The number of benzene rings is 2. The highest BCUT2D eigenvalue weighted by Gasteiger charge is 2.07. The molecule has 1 heterocycles. The van der Waals surface area contributed by atoms with Gasteiger partial charge in [-0.2, -0.15) is 0 Å². The Morgan fingerprint density at radius 3 is 2.46 bits per heavy atom. The van der Waals surface area contributed by atoms with Crippen molar-refractivity contribution >= 4 is 11.6 Å². The molecule has 1 N–H and O–H groups in total. The van der Waals surface area contributed by atoms with Gasteiger partial charge in [-0.3, -0.25) is 4.79 Å². The van der Waals surface area contributed by atoms with E-state index in [4.69, 9.17) is 4.74 Å². The third kappa shape index (κ3) is 3.55. The predicted molar refractivity (Wildman–Crippen MR) is 88.4 cm³/mol. The summed E-state index contributed by atoms with van der Waals surface area (Å²) in [6.07, 6.45) is 0. The fourth-order valence-electron chi connectivity index (χ4n) is 2.14. The Bertz CT molecular complexity index is 849. The molecular formula is C18H14FN3O2. The first kappa shape index (κ1) is 15.6. The summed E-state index contributed by atoms with van der Waals surface area (Å²) in [6.45, 7) is 0. The van der Waals surface area contributed by atoms with E-state index in [1.165, 1.54) is 25.3 Å². The molecule has 6 heteroatoms. The second kappa shape index (κ2) is 6.87. The number of nitrogens with zero attached hydrogens (tertiary/aromatic N) is 2. The number of anilines is 1. The fraction of sp³-hybridized carbons (Fsp3) is 0.0556. The SMILES string of the molecule is COc1ccc(-c2ccc(NC(=O)c3cccc(F)c3)cc2)nn1. The summed E-state index contributed by atoms with van der Waals surface area (Å²) in [5, 5.41) is 10.7. The lowest BCUT2D eigenvalue weighted by Gasteiger charge is -2.07. The highest BCUT2D eigenvalue weighted by Crippen LogP contribution is 2.20. The van der Waals surface area contributed by atoms with Gasteiger partial charge in [0.15, 0.2) is 0 Å². The summed E-state index contributed by atoms with van der Waals surface area (Å²) < 4.78 is 18.1. The zero-order valence-electron chi connectivity index (χ0n) is 12.9. The second-order valence-corrected chi connectivity index (χ2v) is 5.00. The van der Waals surface area contributed by atoms with Gasteiger partial charge in [-0.1, -0.05) is 18.2 Å². The first-order valence-corrected chi connectivity index (χ1v) is 7.21. The molecule has 2 aromatic carbocycles. The summed E-state index contributed by atoms with van der Waals surface area (Å²) in [5.74, 6) is -0.375. The topological polar surface area (TPSA) is 64.1 Å². The van der Waals surface area contributed by atoms with E-state index in [9.17, 15) is 9.18 Å². The van der Waals surface area contributed by atoms with Crippen LogP contribution in [0.25, 0.3) is 11.3 Å². The molecule has 1 amide bonds. The van der Waals surface area contributed by atoms with E-state index in [0.29, 0.717) is 17.3 Å². The second-order valence-electron chi connectivity index (χ2n) is 5.00. The van der Waals surface area contributed by atoms with Gasteiger partial charge in [0.25, 0.3) is 5.91 Å². The van der Waals surface area contributed by atoms with Crippen LogP contribution in [-0.4, -0.2) is 23.2 Å². The molecule has 0 spiro atoms. The standard InChI is InChI=1S/C18H14FN3O2/c1-24-17-10-9-16(21-22-17)12-5-7-15(8-6-12)20-18(23)13-3-2-4-14(19)11-13/h2-11H,1H3,(H,20,23). The van der Waals surface area contributed by atoms with Crippen molar-refractivity contribution in [3.8, 4) is 17.1 Å². The number of nitrogens with one attached hydrogen (secondary N) is 1. The lowest BCUT2D eigenvalue weighted by atomic mass is 10.1. The fourth-order valence-corrected chi connectivity index (χ4v) is 2.14. The van der Waals surface area contributed by atoms with Crippen LogP contribution < -0.4 is 10.1 Å². The third-order valence-corrected chi connectivity index (χ3v) is 3.37. The number of aromatic nitrogens is 2. The van der Waals surface area contributed by atoms with E-state index < -0.39 is 5.82 Å². The first-order chi connectivity index (χ1) is 11.7. The van der Waals surface area contributed by atoms with Crippen LogP contribution in [0.4, 0.5) is 10.1 Å². The minimum atomic E-state index is -0.448. The van der Waals surface area contributed by atoms with Crippen LogP contribution >= 0.6 is 0 Å². The van der Waals surface area contributed by atoms with Crippen molar-refractivity contribution in [3.63, 3.8) is 0 Å². The van der Waals surface area contributed by atoms with Crippen LogP contribution in [0.2, 0.25) is 0 Å². The lowest BCUT2D eigenvalue weighted by Crippen LogP contribution is -2.11. The van der Waals surface area contributed by atoms with Crippen LogP contribution in [0.1, 0.15) is 10.4 Å². The molecule has 0 saturated carbocycles. The normalized spacial score (nSPS) is 10.2. The summed E-state index contributed by atoms with van der Waals surface area (Å²) >= 11 is 0. The summed E-state index contributed by atoms with van der Waals surface area (Å²) in [4.78, 5) is 12.1. The molecule has 0 aliphatic rings. The number of halogens is 1. The van der Waals surface area contributed by atoms with E-state index in [-0.39, 0.29) is 11.5 Å². The van der Waals surface area contributed by atoms with Gasteiger partial charge in [-0.05, 0) is 36.4 Å². The maximum Gasteiger partial charge on any atom is 0.255 e. The molecule has 0 radical (unpaired) electrons. The summed E-state index contributed by atoms with van der Waals surface area (Å²) in [6, 6.07) is 16.2. The molecule has 0 fully saturated rings. The van der Waals surface area contributed by atoms with Crippen LogP contribution in [0.5, 0.6) is 5.88 Å². The zero-order chi connectivity index (χ0) is 16.9. The number of rotatable bonds is 4. The van der Waals surface area contributed by atoms with Crippen LogP contribution in [-0.2, 0) is 0 Å². The van der Waals surface area contributed by atoms with Crippen LogP contribution in [0, 0.1) is 5.82 Å². The Kier molecular flexibility index (Phi) is 4.47. The number of hydrogen-bond acceptors (Lipinski definition) is 4. The smallest absolute Gasteiger partial charge is 0.255 e. The molecule has 3 aromatic rings. The summed E-state index contributed by atoms with van der Waals surface area (Å²) in [5.41, 5.74) is 2.42. The van der Waals surface area contributed by atoms with Gasteiger partial charge >= 0.3 is 0 Å². The molecule has 0 unspecified atom stereocenters. The van der Waals surface area contributed by atoms with Crippen molar-refractivity contribution in [2.24, 2.45) is 0 Å². The quantitative estimate of drug-likeness (QED) is 0.797. The highest BCUT2D eigenvalue weighted by molar-refractivity contribution is 6.04. The minimum Gasteiger partial charge on any atom is -0.480 e. The molecule has 3 rings (SSSR count). The molecule has 24 heavy (non-hydrogen) atoms. The van der Waals surface area contributed by atoms with E-state index in [2.05, 4.69) is 15.5 Å². The monoisotopic (exact) mass is 323 g/mol. The Hall–Kier alpha value is -3.28. The molecule has 0 atom stereocenters. The minimum absolute atomic E-state index is 0.264. The molecule has 0 aliphatic heterocycles. The van der Waals surface area contributed by atoms with E-state index in [1.54, 1.807) is 30.3 Å². The van der Waals surface area contributed by atoms with Gasteiger partial charge in [0, 0.05) is 22.9 Å². The van der Waals surface area contributed by atoms with Crippen LogP contribution in [0.15, 0.2) is 60.7 Å². The Balaban J connectivity index is 1.73. The van der Waals surface area contributed by atoms with Gasteiger partial charge in [0.1, 0.15) is 5.82 Å². The van der Waals surface area contributed by atoms with Crippen molar-refractivity contribution < 1.29 is 13.9 Å².